The largest absolute Gasteiger partial charge is 0.445 e. The number of hydrogen-bond acceptors (Lipinski definition) is 9. The molecule has 1 amide bonds. The third-order valence-corrected chi connectivity index (χ3v) is 10.6. The van der Waals surface area contributed by atoms with E-state index in [4.69, 9.17) is 26.2 Å². The molecular formula is C46H48N10O2. The van der Waals surface area contributed by atoms with E-state index in [2.05, 4.69) is 33.7 Å². The summed E-state index contributed by atoms with van der Waals surface area (Å²) in [6.45, 7) is 3.56. The van der Waals surface area contributed by atoms with Crippen LogP contribution in [-0.4, -0.2) is 66.4 Å². The molecule has 0 radical (unpaired) electrons. The maximum absolute atomic E-state index is 12.7. The quantitative estimate of drug-likeness (QED) is 0.140. The Morgan fingerprint density at radius 3 is 1.79 bits per heavy atom. The summed E-state index contributed by atoms with van der Waals surface area (Å²) in [6, 6.07) is 33.8. The van der Waals surface area contributed by atoms with Gasteiger partial charge in [0, 0.05) is 54.7 Å². The van der Waals surface area contributed by atoms with Gasteiger partial charge in [-0.2, -0.15) is 19.2 Å². The molecule has 2 aliphatic rings. The van der Waals surface area contributed by atoms with E-state index in [1.807, 2.05) is 115 Å². The van der Waals surface area contributed by atoms with Gasteiger partial charge < -0.3 is 26.4 Å². The van der Waals surface area contributed by atoms with Crippen LogP contribution in [0.3, 0.4) is 0 Å². The zero-order chi connectivity index (χ0) is 39.7. The highest BCUT2D eigenvalue weighted by Crippen LogP contribution is 2.29. The topological polar surface area (TPSA) is 154 Å². The van der Waals surface area contributed by atoms with E-state index in [1.54, 1.807) is 20.1 Å². The summed E-state index contributed by atoms with van der Waals surface area (Å²) < 4.78 is 8.91. The van der Waals surface area contributed by atoms with Gasteiger partial charge in [-0.3, -0.25) is 0 Å². The van der Waals surface area contributed by atoms with Crippen molar-refractivity contribution in [3.63, 3.8) is 0 Å². The Labute approximate surface area is 337 Å². The van der Waals surface area contributed by atoms with Gasteiger partial charge in [0.05, 0.1) is 23.8 Å². The molecule has 9 rings (SSSR count). The minimum atomic E-state index is -0.293. The first-order valence-corrected chi connectivity index (χ1v) is 19.9. The molecule has 58 heavy (non-hydrogen) atoms. The number of nitrogen functional groups attached to an aromatic ring is 2. The second-order valence-electron chi connectivity index (χ2n) is 14.7. The fraction of sp³-hybridized carbons (Fsp3) is 0.239. The number of nitrogens with one attached hydrogen (secondary N) is 1. The van der Waals surface area contributed by atoms with Gasteiger partial charge in [-0.1, -0.05) is 103 Å². The number of nitrogens with two attached hydrogens (primary N) is 2. The van der Waals surface area contributed by atoms with E-state index in [1.165, 1.54) is 6.42 Å². The molecule has 2 aliphatic heterocycles. The van der Waals surface area contributed by atoms with E-state index in [0.29, 0.717) is 36.3 Å². The van der Waals surface area contributed by atoms with Crippen LogP contribution in [0.15, 0.2) is 116 Å². The molecular weight excluding hydrogens is 725 g/mol. The van der Waals surface area contributed by atoms with Crippen LogP contribution in [0.4, 0.5) is 16.4 Å². The molecule has 0 bridgehead atoms. The van der Waals surface area contributed by atoms with E-state index in [9.17, 15) is 4.79 Å². The number of ether oxygens (including phenoxy) is 1. The van der Waals surface area contributed by atoms with E-state index < -0.39 is 0 Å². The molecule has 2 unspecified atom stereocenters. The smallest absolute Gasteiger partial charge is 0.410 e. The van der Waals surface area contributed by atoms with Crippen molar-refractivity contribution in [2.24, 2.45) is 0 Å². The Morgan fingerprint density at radius 1 is 0.707 bits per heavy atom. The summed E-state index contributed by atoms with van der Waals surface area (Å²) in [5.41, 5.74) is 21.1. The SMILES string of the molecule is Nc1cc(C2CCCN(C(=O)OCc3ccccc3)C2)nc2c(/C=C/c3ccccc3)cnn12.Nc1cc(C2CCCNC2)nc2c(/C=C/c3ccccc3)cnn12. The lowest BCUT2D eigenvalue weighted by atomic mass is 9.94. The van der Waals surface area contributed by atoms with E-state index >= 15 is 0 Å². The predicted molar refractivity (Wildman–Crippen MR) is 231 cm³/mol. The van der Waals surface area contributed by atoms with Gasteiger partial charge in [0.1, 0.15) is 18.2 Å². The number of rotatable bonds is 8. The van der Waals surface area contributed by atoms with Crippen molar-refractivity contribution in [1.82, 2.24) is 39.4 Å². The molecule has 2 atom stereocenters. The monoisotopic (exact) mass is 772 g/mol. The first-order valence-electron chi connectivity index (χ1n) is 19.9. The van der Waals surface area contributed by atoms with Gasteiger partial charge in [-0.05, 0) is 61.1 Å². The van der Waals surface area contributed by atoms with Gasteiger partial charge >= 0.3 is 6.09 Å². The zero-order valence-electron chi connectivity index (χ0n) is 32.4. The molecule has 0 saturated carbocycles. The van der Waals surface area contributed by atoms with Gasteiger partial charge in [0.15, 0.2) is 11.3 Å². The van der Waals surface area contributed by atoms with Crippen LogP contribution in [0.5, 0.6) is 0 Å². The number of aromatic nitrogens is 6. The molecule has 12 nitrogen and oxygen atoms in total. The third kappa shape index (κ3) is 9.08. The first-order chi connectivity index (χ1) is 28.5. The van der Waals surface area contributed by atoms with E-state index in [-0.39, 0.29) is 18.6 Å². The number of anilines is 2. The molecule has 2 saturated heterocycles. The molecule has 2 fully saturated rings. The van der Waals surface area contributed by atoms with Crippen LogP contribution >= 0.6 is 0 Å². The number of fused-ring (bicyclic) bond motifs is 2. The maximum Gasteiger partial charge on any atom is 0.410 e. The lowest BCUT2D eigenvalue weighted by Crippen LogP contribution is -2.39. The van der Waals surface area contributed by atoms with Crippen molar-refractivity contribution in [3.8, 4) is 0 Å². The number of carbonyl (C=O) groups is 1. The average Bonchev–Trinajstić information content (AvgIpc) is 3.90. The molecule has 3 aromatic carbocycles. The number of amides is 1. The molecule has 5 N–H and O–H groups in total. The Hall–Kier alpha value is -6.79. The lowest BCUT2D eigenvalue weighted by Gasteiger charge is -2.31. The lowest BCUT2D eigenvalue weighted by molar-refractivity contribution is 0.0856. The number of nitrogens with zero attached hydrogens (tertiary/aromatic N) is 7. The summed E-state index contributed by atoms with van der Waals surface area (Å²) >= 11 is 0. The summed E-state index contributed by atoms with van der Waals surface area (Å²) in [4.78, 5) is 24.2. The van der Waals surface area contributed by atoms with Crippen molar-refractivity contribution in [2.45, 2.75) is 44.1 Å². The fourth-order valence-electron chi connectivity index (χ4n) is 7.50. The number of likely N-dealkylation sites (tertiary alicyclic amines) is 1. The summed E-state index contributed by atoms with van der Waals surface area (Å²) in [5, 5.41) is 12.2. The molecule has 4 aromatic heterocycles. The van der Waals surface area contributed by atoms with E-state index in [0.717, 1.165) is 77.2 Å². The summed E-state index contributed by atoms with van der Waals surface area (Å²) in [7, 11) is 0. The van der Waals surface area contributed by atoms with Gasteiger partial charge in [0.25, 0.3) is 0 Å². The first kappa shape index (κ1) is 38.1. The molecule has 12 heteroatoms. The number of carbonyl (C=O) groups excluding carboxylic acids is 1. The second kappa shape index (κ2) is 18.0. The summed E-state index contributed by atoms with van der Waals surface area (Å²) in [5.74, 6) is 1.68. The highest BCUT2D eigenvalue weighted by Gasteiger charge is 2.28. The van der Waals surface area contributed by atoms with Crippen LogP contribution in [0.1, 0.15) is 76.7 Å². The van der Waals surface area contributed by atoms with Gasteiger partial charge in [0.2, 0.25) is 0 Å². The Morgan fingerprint density at radius 2 is 1.24 bits per heavy atom. The normalized spacial score (nSPS) is 17.1. The zero-order valence-corrected chi connectivity index (χ0v) is 32.4. The minimum absolute atomic E-state index is 0.0891. The second-order valence-corrected chi connectivity index (χ2v) is 14.7. The minimum Gasteiger partial charge on any atom is -0.445 e. The van der Waals surface area contributed by atoms with Crippen LogP contribution in [0.2, 0.25) is 0 Å². The molecule has 7 aromatic rings. The Kier molecular flexibility index (Phi) is 11.8. The highest BCUT2D eigenvalue weighted by atomic mass is 16.6. The number of piperidine rings is 2. The van der Waals surface area contributed by atoms with Crippen LogP contribution in [0.25, 0.3) is 35.6 Å². The molecule has 294 valence electrons. The van der Waals surface area contributed by atoms with Crippen molar-refractivity contribution in [1.29, 1.82) is 0 Å². The number of hydrogen-bond donors (Lipinski definition) is 3. The maximum atomic E-state index is 12.7. The number of benzene rings is 3. The standard InChI is InChI=1S/C27H27N5O2.C19H21N5/c28-25-16-24(30-26-22(17-29-32(25)26)14-13-20-8-3-1-4-9-20)23-12-7-15-31(18-23)27(33)34-19-21-10-5-2-6-11-21;20-18-11-17(15-7-4-10-21-12-15)23-19-16(13-22-24(18)19)9-8-14-5-2-1-3-6-14/h1-6,8-11,13-14,16-17,23H,7,12,15,18-19,28H2;1-3,5-6,8-9,11,13,15,21H,4,7,10,12,20H2/b14-13+;9-8+. The van der Waals surface area contributed by atoms with Crippen LogP contribution in [-0.2, 0) is 11.3 Å². The fourth-order valence-corrected chi connectivity index (χ4v) is 7.50. The van der Waals surface area contributed by atoms with Crippen molar-refractivity contribution < 1.29 is 9.53 Å². The Balaban J connectivity index is 0.000000172. The van der Waals surface area contributed by atoms with Crippen LogP contribution in [0, 0.1) is 0 Å². The van der Waals surface area contributed by atoms with Crippen molar-refractivity contribution in [3.05, 3.63) is 155 Å². The predicted octanol–water partition coefficient (Wildman–Crippen LogP) is 7.95. The van der Waals surface area contributed by atoms with Gasteiger partial charge in [-0.15, -0.1) is 0 Å². The third-order valence-electron chi connectivity index (χ3n) is 10.6. The molecule has 0 spiro atoms. The van der Waals surface area contributed by atoms with Gasteiger partial charge in [-0.25, -0.2) is 14.8 Å². The van der Waals surface area contributed by atoms with Crippen LogP contribution < -0.4 is 16.8 Å². The molecule has 0 aliphatic carbocycles. The molecule has 6 heterocycles. The van der Waals surface area contributed by atoms with Crippen molar-refractivity contribution >= 4 is 53.3 Å². The average molecular weight is 773 g/mol. The summed E-state index contributed by atoms with van der Waals surface area (Å²) in [6.07, 6.45) is 15.6. The highest BCUT2D eigenvalue weighted by molar-refractivity contribution is 5.78. The van der Waals surface area contributed by atoms with Crippen molar-refractivity contribution in [2.75, 3.05) is 37.6 Å². The Bertz CT molecular complexity index is 2510.